The quantitative estimate of drug-likeness (QED) is 0.618. The van der Waals surface area contributed by atoms with E-state index >= 15 is 0 Å². The minimum absolute atomic E-state index is 0.855. The Bertz CT molecular complexity index is 1010. The van der Waals surface area contributed by atoms with E-state index in [1.54, 1.807) is 4.80 Å². The Morgan fingerprint density at radius 2 is 1.78 bits per heavy atom. The van der Waals surface area contributed by atoms with E-state index in [4.69, 9.17) is 0 Å². The monoisotopic (exact) mass is 304 g/mol. The molecule has 0 fully saturated rings. The maximum Gasteiger partial charge on any atom is 0.113 e. The first-order valence-corrected chi connectivity index (χ1v) is 7.42. The summed E-state index contributed by atoms with van der Waals surface area (Å²) in [5.74, 6) is 0.859. The van der Waals surface area contributed by atoms with Gasteiger partial charge in [0.15, 0.2) is 0 Å². The summed E-state index contributed by atoms with van der Waals surface area (Å²) in [7, 11) is 1.82. The fourth-order valence-corrected chi connectivity index (χ4v) is 2.74. The molecule has 4 rings (SSSR count). The molecule has 1 aromatic carbocycles. The van der Waals surface area contributed by atoms with Gasteiger partial charge in [0, 0.05) is 18.3 Å². The average molecular weight is 304 g/mol. The van der Waals surface area contributed by atoms with Gasteiger partial charge in [-0.2, -0.15) is 15.0 Å². The molecule has 0 spiro atoms. The Kier molecular flexibility index (Phi) is 2.97. The number of fused-ring (bicyclic) bond motifs is 1. The van der Waals surface area contributed by atoms with Crippen LogP contribution in [0, 0.1) is 13.8 Å². The van der Waals surface area contributed by atoms with E-state index in [1.165, 1.54) is 0 Å². The smallest absolute Gasteiger partial charge is 0.113 e. The van der Waals surface area contributed by atoms with Crippen LogP contribution in [0.5, 0.6) is 0 Å². The highest BCUT2D eigenvalue weighted by molar-refractivity contribution is 5.84. The van der Waals surface area contributed by atoms with E-state index < -0.39 is 0 Å². The number of hydrogen-bond donors (Lipinski definition) is 1. The molecular formula is C17H16N6. The first-order chi connectivity index (χ1) is 11.1. The molecule has 0 unspecified atom stereocenters. The fourth-order valence-electron chi connectivity index (χ4n) is 2.74. The largest absolute Gasteiger partial charge is 0.340 e. The molecule has 0 aliphatic rings. The van der Waals surface area contributed by atoms with Crippen LogP contribution in [0.2, 0.25) is 0 Å². The molecule has 3 heterocycles. The molecule has 0 aliphatic heterocycles. The van der Waals surface area contributed by atoms with Crippen LogP contribution in [0.25, 0.3) is 33.7 Å². The summed E-state index contributed by atoms with van der Waals surface area (Å²) >= 11 is 0. The van der Waals surface area contributed by atoms with Crippen molar-refractivity contribution < 1.29 is 0 Å². The molecule has 6 heteroatoms. The molecular weight excluding hydrogens is 288 g/mol. The molecule has 0 saturated heterocycles. The number of hydrogen-bond acceptors (Lipinski definition) is 4. The number of pyridine rings is 1. The Morgan fingerprint density at radius 3 is 2.61 bits per heavy atom. The van der Waals surface area contributed by atoms with E-state index in [0.717, 1.165) is 45.2 Å². The molecule has 4 aromatic rings. The van der Waals surface area contributed by atoms with E-state index in [0.29, 0.717) is 0 Å². The number of imidazole rings is 1. The van der Waals surface area contributed by atoms with Crippen LogP contribution in [-0.2, 0) is 7.05 Å². The lowest BCUT2D eigenvalue weighted by molar-refractivity contribution is 0.665. The number of benzene rings is 1. The maximum absolute atomic E-state index is 4.65. The van der Waals surface area contributed by atoms with Gasteiger partial charge >= 0.3 is 0 Å². The third kappa shape index (κ3) is 2.38. The summed E-state index contributed by atoms with van der Waals surface area (Å²) in [6.45, 7) is 3.93. The van der Waals surface area contributed by atoms with Crippen LogP contribution in [-0.4, -0.2) is 29.9 Å². The van der Waals surface area contributed by atoms with Crippen molar-refractivity contribution in [2.24, 2.45) is 7.05 Å². The zero-order valence-corrected chi connectivity index (χ0v) is 13.2. The summed E-state index contributed by atoms with van der Waals surface area (Å²) in [6, 6.07) is 12.0. The van der Waals surface area contributed by atoms with Gasteiger partial charge in [-0.1, -0.05) is 12.1 Å². The van der Waals surface area contributed by atoms with Crippen LogP contribution >= 0.6 is 0 Å². The van der Waals surface area contributed by atoms with Crippen LogP contribution in [0.3, 0.4) is 0 Å². The molecule has 0 atom stereocenters. The van der Waals surface area contributed by atoms with Crippen molar-refractivity contribution in [3.63, 3.8) is 0 Å². The molecule has 0 amide bonds. The normalized spacial score (nSPS) is 11.3. The van der Waals surface area contributed by atoms with Crippen molar-refractivity contribution in [3.05, 3.63) is 47.9 Å². The minimum atomic E-state index is 0.855. The first-order valence-electron chi connectivity index (χ1n) is 7.42. The van der Waals surface area contributed by atoms with Gasteiger partial charge in [-0.3, -0.25) is 4.98 Å². The van der Waals surface area contributed by atoms with Gasteiger partial charge in [0.05, 0.1) is 17.1 Å². The third-order valence-corrected chi connectivity index (χ3v) is 3.72. The van der Waals surface area contributed by atoms with Crippen molar-refractivity contribution in [2.45, 2.75) is 13.8 Å². The summed E-state index contributed by atoms with van der Waals surface area (Å²) in [6.07, 6.45) is 0. The SMILES string of the molecule is Cc1cccc(-c2[nH]c(C)nc2-c2ccc3nn(C)nc3c2)n1. The molecule has 114 valence electrons. The lowest BCUT2D eigenvalue weighted by Crippen LogP contribution is -1.90. The lowest BCUT2D eigenvalue weighted by atomic mass is 10.1. The van der Waals surface area contributed by atoms with Gasteiger partial charge in [-0.05, 0) is 38.1 Å². The van der Waals surface area contributed by atoms with Gasteiger partial charge in [0.2, 0.25) is 0 Å². The summed E-state index contributed by atoms with van der Waals surface area (Å²) < 4.78 is 0. The Labute approximate surface area is 133 Å². The molecule has 0 saturated carbocycles. The molecule has 0 radical (unpaired) electrons. The number of nitrogens with zero attached hydrogens (tertiary/aromatic N) is 5. The number of aromatic amines is 1. The van der Waals surface area contributed by atoms with E-state index in [9.17, 15) is 0 Å². The predicted molar refractivity (Wildman–Crippen MR) is 88.8 cm³/mol. The second kappa shape index (κ2) is 5.01. The average Bonchev–Trinajstić information content (AvgIpc) is 3.08. The van der Waals surface area contributed by atoms with Gasteiger partial charge in [0.25, 0.3) is 0 Å². The topological polar surface area (TPSA) is 72.3 Å². The van der Waals surface area contributed by atoms with Crippen molar-refractivity contribution in [1.29, 1.82) is 0 Å². The van der Waals surface area contributed by atoms with Gasteiger partial charge in [-0.15, -0.1) is 0 Å². The lowest BCUT2D eigenvalue weighted by Gasteiger charge is -2.03. The number of aryl methyl sites for hydroxylation is 3. The molecule has 0 aliphatic carbocycles. The van der Waals surface area contributed by atoms with Gasteiger partial charge in [0.1, 0.15) is 16.9 Å². The van der Waals surface area contributed by atoms with Crippen molar-refractivity contribution >= 4 is 11.0 Å². The molecule has 0 bridgehead atoms. The second-order valence-corrected chi connectivity index (χ2v) is 5.60. The zero-order valence-electron chi connectivity index (χ0n) is 13.2. The molecule has 6 nitrogen and oxygen atoms in total. The van der Waals surface area contributed by atoms with Crippen LogP contribution in [0.4, 0.5) is 0 Å². The zero-order chi connectivity index (χ0) is 16.0. The fraction of sp³-hybridized carbons (Fsp3) is 0.176. The van der Waals surface area contributed by atoms with E-state index in [2.05, 4.69) is 25.1 Å². The molecule has 3 aromatic heterocycles. The number of aromatic nitrogens is 6. The standard InChI is InChI=1S/C17H16N6/c1-10-5-4-6-14(18-10)17-16(19-11(2)20-17)12-7-8-13-15(9-12)22-23(3)21-13/h4-9H,1-3H3,(H,19,20). The highest BCUT2D eigenvalue weighted by Crippen LogP contribution is 2.30. The Balaban J connectivity index is 1.90. The third-order valence-electron chi connectivity index (χ3n) is 3.72. The minimum Gasteiger partial charge on any atom is -0.340 e. The van der Waals surface area contributed by atoms with Crippen molar-refractivity contribution in [2.75, 3.05) is 0 Å². The predicted octanol–water partition coefficient (Wildman–Crippen LogP) is 3.04. The molecule has 23 heavy (non-hydrogen) atoms. The highest BCUT2D eigenvalue weighted by Gasteiger charge is 2.15. The highest BCUT2D eigenvalue weighted by atomic mass is 15.4. The first kappa shape index (κ1) is 13.6. The summed E-state index contributed by atoms with van der Waals surface area (Å²) in [5.41, 5.74) is 6.40. The second-order valence-electron chi connectivity index (χ2n) is 5.60. The van der Waals surface area contributed by atoms with Crippen LogP contribution in [0.15, 0.2) is 36.4 Å². The molecule has 1 N–H and O–H groups in total. The van der Waals surface area contributed by atoms with Gasteiger partial charge in [-0.25, -0.2) is 4.98 Å². The van der Waals surface area contributed by atoms with Gasteiger partial charge < -0.3 is 4.98 Å². The summed E-state index contributed by atoms with van der Waals surface area (Å²) in [5, 5.41) is 8.68. The summed E-state index contributed by atoms with van der Waals surface area (Å²) in [4.78, 5) is 14.2. The number of rotatable bonds is 2. The van der Waals surface area contributed by atoms with E-state index in [1.807, 2.05) is 57.3 Å². The van der Waals surface area contributed by atoms with E-state index in [-0.39, 0.29) is 0 Å². The number of nitrogens with one attached hydrogen (secondary N) is 1. The maximum atomic E-state index is 4.65. The van der Waals surface area contributed by atoms with Crippen molar-refractivity contribution in [1.82, 2.24) is 29.9 Å². The van der Waals surface area contributed by atoms with Crippen LogP contribution in [0.1, 0.15) is 11.5 Å². The van der Waals surface area contributed by atoms with Crippen LogP contribution < -0.4 is 0 Å². The van der Waals surface area contributed by atoms with Crippen molar-refractivity contribution in [3.8, 4) is 22.6 Å². The Hall–Kier alpha value is -3.02. The Morgan fingerprint density at radius 1 is 0.957 bits per heavy atom. The number of H-pyrrole nitrogens is 1.